The monoisotopic (exact) mass is 503 g/mol. The first-order valence-corrected chi connectivity index (χ1v) is 8.00. The molecular formula is C16H12F15N. The van der Waals surface area contributed by atoms with Crippen molar-refractivity contribution in [3.8, 4) is 0 Å². The molecule has 0 amide bonds. The number of hydrogen-bond donors (Lipinski definition) is 1. The van der Waals surface area contributed by atoms with Gasteiger partial charge in [-0.15, -0.1) is 0 Å². The average Bonchev–Trinajstić information content (AvgIpc) is 2.45. The molecule has 0 fully saturated rings. The maximum absolute atomic E-state index is 13.6. The zero-order valence-electron chi connectivity index (χ0n) is 15.8. The van der Waals surface area contributed by atoms with E-state index in [4.69, 9.17) is 5.73 Å². The van der Waals surface area contributed by atoms with Gasteiger partial charge >= 0.3 is 30.9 Å². The van der Waals surface area contributed by atoms with Crippen LogP contribution in [0.4, 0.5) is 65.9 Å². The van der Waals surface area contributed by atoms with E-state index in [1.165, 1.54) is 0 Å². The first-order chi connectivity index (χ1) is 13.6. The van der Waals surface area contributed by atoms with Crippen LogP contribution in [-0.2, 0) is 30.9 Å². The molecule has 1 rings (SSSR count). The van der Waals surface area contributed by atoms with E-state index < -0.39 is 75.7 Å². The molecule has 1 atom stereocenters. The Morgan fingerprint density at radius 3 is 0.781 bits per heavy atom. The number of rotatable bonds is 1. The van der Waals surface area contributed by atoms with Gasteiger partial charge in [0.15, 0.2) is 0 Å². The van der Waals surface area contributed by atoms with E-state index >= 15 is 0 Å². The second kappa shape index (κ2) is 7.58. The highest BCUT2D eigenvalue weighted by atomic mass is 19.4. The molecule has 0 spiro atoms. The van der Waals surface area contributed by atoms with Crippen LogP contribution in [0.25, 0.3) is 0 Å². The van der Waals surface area contributed by atoms with Crippen LogP contribution in [0.5, 0.6) is 0 Å². The number of halogens is 15. The molecule has 0 aliphatic heterocycles. The minimum Gasteiger partial charge on any atom is -0.323 e. The van der Waals surface area contributed by atoms with E-state index in [9.17, 15) is 65.9 Å². The molecule has 32 heavy (non-hydrogen) atoms. The topological polar surface area (TPSA) is 26.0 Å². The molecule has 1 aromatic carbocycles. The van der Waals surface area contributed by atoms with Crippen LogP contribution in [0.2, 0.25) is 0 Å². The van der Waals surface area contributed by atoms with Crippen molar-refractivity contribution in [2.75, 3.05) is 0 Å². The minimum atomic E-state index is -6.92. The number of alkyl halides is 15. The highest BCUT2D eigenvalue weighted by Gasteiger charge is 2.61. The van der Waals surface area contributed by atoms with Crippen LogP contribution in [0.3, 0.4) is 0 Å². The van der Waals surface area contributed by atoms with Crippen molar-refractivity contribution in [1.29, 1.82) is 0 Å². The third-order valence-electron chi connectivity index (χ3n) is 4.20. The maximum Gasteiger partial charge on any atom is 0.417 e. The van der Waals surface area contributed by atoms with E-state index in [-0.39, 0.29) is 0 Å². The molecule has 0 saturated heterocycles. The largest absolute Gasteiger partial charge is 0.417 e. The van der Waals surface area contributed by atoms with Crippen LogP contribution < -0.4 is 5.73 Å². The summed E-state index contributed by atoms with van der Waals surface area (Å²) in [6.45, 7) is 2.32. The van der Waals surface area contributed by atoms with Gasteiger partial charge in [-0.3, -0.25) is 0 Å². The van der Waals surface area contributed by atoms with Crippen LogP contribution in [-0.4, -0.2) is 0 Å². The predicted octanol–water partition coefficient (Wildman–Crippen LogP) is 7.83. The molecule has 16 heteroatoms. The van der Waals surface area contributed by atoms with E-state index in [0.29, 0.717) is 0 Å². The molecular weight excluding hydrogens is 491 g/mol. The molecule has 0 bridgehead atoms. The first kappa shape index (κ1) is 28.2. The molecule has 0 radical (unpaired) electrons. The normalized spacial score (nSPS) is 15.8. The van der Waals surface area contributed by atoms with E-state index in [1.807, 2.05) is 0 Å². The Kier molecular flexibility index (Phi) is 6.67. The second-order valence-electron chi connectivity index (χ2n) is 7.62. The SMILES string of the molecule is CC(C)(C)C(N)c1c(C(F)(F)F)c(C(F)(F)F)c(C(F)(F)F)c(C(F)(F)F)c1C(F)(F)F. The Bertz CT molecular complexity index is 804. The summed E-state index contributed by atoms with van der Waals surface area (Å²) < 4.78 is 202. The van der Waals surface area contributed by atoms with Gasteiger partial charge < -0.3 is 5.73 Å². The summed E-state index contributed by atoms with van der Waals surface area (Å²) >= 11 is 0. The Balaban J connectivity index is 4.88. The van der Waals surface area contributed by atoms with Gasteiger partial charge in [-0.05, 0) is 11.0 Å². The van der Waals surface area contributed by atoms with Gasteiger partial charge in [0.05, 0.1) is 27.8 Å². The molecule has 1 nitrogen and oxygen atoms in total. The van der Waals surface area contributed by atoms with E-state index in [1.54, 1.807) is 0 Å². The summed E-state index contributed by atoms with van der Waals surface area (Å²) in [6.07, 6.45) is -33.7. The Morgan fingerprint density at radius 1 is 0.438 bits per heavy atom. The Hall–Kier alpha value is -1.87. The second-order valence-corrected chi connectivity index (χ2v) is 7.62. The molecule has 0 aliphatic carbocycles. The lowest BCUT2D eigenvalue weighted by Gasteiger charge is -2.36. The number of hydrogen-bond acceptors (Lipinski definition) is 1. The summed E-state index contributed by atoms with van der Waals surface area (Å²) in [5, 5.41) is 0. The summed E-state index contributed by atoms with van der Waals surface area (Å²) in [4.78, 5) is 0. The number of benzene rings is 1. The van der Waals surface area contributed by atoms with Gasteiger partial charge in [-0.25, -0.2) is 0 Å². The summed E-state index contributed by atoms with van der Waals surface area (Å²) in [6, 6.07) is -2.85. The zero-order valence-corrected chi connectivity index (χ0v) is 15.8. The quantitative estimate of drug-likeness (QED) is 0.389. The first-order valence-electron chi connectivity index (χ1n) is 8.00. The van der Waals surface area contributed by atoms with Crippen molar-refractivity contribution in [3.05, 3.63) is 33.4 Å². The summed E-state index contributed by atoms with van der Waals surface area (Å²) in [5.74, 6) is 0. The molecule has 186 valence electrons. The molecule has 2 N–H and O–H groups in total. The third kappa shape index (κ3) is 5.36. The van der Waals surface area contributed by atoms with E-state index in [2.05, 4.69) is 0 Å². The number of nitrogens with two attached hydrogens (primary N) is 1. The zero-order chi connectivity index (χ0) is 26.0. The Morgan fingerprint density at radius 2 is 0.625 bits per heavy atom. The highest BCUT2D eigenvalue weighted by molar-refractivity contribution is 5.59. The average molecular weight is 503 g/mol. The van der Waals surface area contributed by atoms with Gasteiger partial charge in [0.25, 0.3) is 0 Å². The Labute approximate surface area is 169 Å². The van der Waals surface area contributed by atoms with Gasteiger partial charge in [-0.1, -0.05) is 20.8 Å². The fraction of sp³-hybridized carbons (Fsp3) is 0.625. The summed E-state index contributed by atoms with van der Waals surface area (Å²) in [5.41, 5.74) is -18.8. The van der Waals surface area contributed by atoms with Gasteiger partial charge in [0, 0.05) is 6.04 Å². The van der Waals surface area contributed by atoms with Gasteiger partial charge in [-0.2, -0.15) is 65.9 Å². The van der Waals surface area contributed by atoms with Crippen LogP contribution in [0.15, 0.2) is 0 Å². The van der Waals surface area contributed by atoms with Gasteiger partial charge in [0.2, 0.25) is 0 Å². The fourth-order valence-corrected chi connectivity index (χ4v) is 2.95. The third-order valence-corrected chi connectivity index (χ3v) is 4.20. The van der Waals surface area contributed by atoms with E-state index in [0.717, 1.165) is 20.8 Å². The van der Waals surface area contributed by atoms with Crippen LogP contribution in [0.1, 0.15) is 60.2 Å². The summed E-state index contributed by atoms with van der Waals surface area (Å²) in [7, 11) is 0. The molecule has 1 unspecified atom stereocenters. The standard InChI is InChI=1S/C16H12F15N/c1-11(2,3)10(32)4-5(12(17,18)19)7(14(23,24)25)9(16(29,30)31)8(15(26,27)28)6(4)13(20,21)22/h10H,32H2,1-3H3. The fourth-order valence-electron chi connectivity index (χ4n) is 2.95. The highest BCUT2D eigenvalue weighted by Crippen LogP contribution is 2.58. The van der Waals surface area contributed by atoms with Crippen molar-refractivity contribution >= 4 is 0 Å². The molecule has 0 saturated carbocycles. The van der Waals surface area contributed by atoms with Gasteiger partial charge in [0.1, 0.15) is 0 Å². The van der Waals surface area contributed by atoms with Crippen molar-refractivity contribution in [1.82, 2.24) is 0 Å². The van der Waals surface area contributed by atoms with Crippen molar-refractivity contribution in [2.24, 2.45) is 11.1 Å². The van der Waals surface area contributed by atoms with Crippen LogP contribution in [0, 0.1) is 5.41 Å². The van der Waals surface area contributed by atoms with Crippen molar-refractivity contribution in [3.63, 3.8) is 0 Å². The molecule has 1 aromatic rings. The van der Waals surface area contributed by atoms with Crippen molar-refractivity contribution in [2.45, 2.75) is 57.7 Å². The predicted molar refractivity (Wildman–Crippen MR) is 77.8 cm³/mol. The lowest BCUT2D eigenvalue weighted by Crippen LogP contribution is -2.38. The lowest BCUT2D eigenvalue weighted by atomic mass is 9.75. The molecule has 0 aliphatic rings. The minimum absolute atomic E-state index is 0.774. The van der Waals surface area contributed by atoms with Crippen molar-refractivity contribution < 1.29 is 65.9 Å². The molecule has 0 aromatic heterocycles. The maximum atomic E-state index is 13.6. The smallest absolute Gasteiger partial charge is 0.323 e. The lowest BCUT2D eigenvalue weighted by molar-refractivity contribution is -0.189. The molecule has 0 heterocycles. The van der Waals surface area contributed by atoms with Crippen LogP contribution >= 0.6 is 0 Å².